The summed E-state index contributed by atoms with van der Waals surface area (Å²) >= 11 is 0. The Bertz CT molecular complexity index is 504. The Hall–Kier alpha value is -0.870. The second-order valence-corrected chi connectivity index (χ2v) is 7.87. The molecular formula is C14H22O3S. The highest BCUT2D eigenvalue weighted by Gasteiger charge is 2.38. The summed E-state index contributed by atoms with van der Waals surface area (Å²) < 4.78 is 22.3. The van der Waals surface area contributed by atoms with Crippen LogP contribution in [0.4, 0.5) is 0 Å². The van der Waals surface area contributed by atoms with Gasteiger partial charge in [-0.3, -0.25) is 0 Å². The van der Waals surface area contributed by atoms with E-state index < -0.39 is 20.7 Å². The highest BCUT2D eigenvalue weighted by molar-refractivity contribution is 7.92. The number of hydrogen-bond donors (Lipinski definition) is 1. The van der Waals surface area contributed by atoms with Crippen molar-refractivity contribution in [2.45, 2.75) is 44.5 Å². The molecule has 1 N–H and O–H groups in total. The van der Waals surface area contributed by atoms with Crippen molar-refractivity contribution in [3.05, 3.63) is 35.4 Å². The summed E-state index contributed by atoms with van der Waals surface area (Å²) in [6.45, 7) is 5.20. The van der Waals surface area contributed by atoms with Crippen LogP contribution in [-0.2, 0) is 16.3 Å². The number of sulfone groups is 1. The lowest BCUT2D eigenvalue weighted by Crippen LogP contribution is -2.37. The van der Waals surface area contributed by atoms with Gasteiger partial charge in [-0.05, 0) is 31.4 Å². The van der Waals surface area contributed by atoms with E-state index in [9.17, 15) is 13.5 Å². The molecule has 0 aliphatic rings. The van der Waals surface area contributed by atoms with E-state index in [2.05, 4.69) is 6.92 Å². The van der Waals surface area contributed by atoms with E-state index in [4.69, 9.17) is 0 Å². The number of aliphatic hydroxyl groups excluding tert-OH is 1. The van der Waals surface area contributed by atoms with Crippen molar-refractivity contribution < 1.29 is 13.5 Å². The van der Waals surface area contributed by atoms with Crippen molar-refractivity contribution in [2.24, 2.45) is 0 Å². The first-order valence-electron chi connectivity index (χ1n) is 6.16. The molecule has 0 amide bonds. The monoisotopic (exact) mass is 270 g/mol. The van der Waals surface area contributed by atoms with Crippen LogP contribution in [0.25, 0.3) is 0 Å². The molecule has 0 aliphatic carbocycles. The van der Waals surface area contributed by atoms with E-state index in [1.54, 1.807) is 19.9 Å². The number of benzene rings is 1. The third kappa shape index (κ3) is 3.12. The second kappa shape index (κ2) is 5.41. The van der Waals surface area contributed by atoms with E-state index in [1.165, 1.54) is 0 Å². The fourth-order valence-corrected chi connectivity index (χ4v) is 2.35. The minimum atomic E-state index is -3.32. The maximum absolute atomic E-state index is 11.7. The van der Waals surface area contributed by atoms with Gasteiger partial charge < -0.3 is 5.11 Å². The SMILES string of the molecule is CCCc1cccc(C(O)C(C)(C)S(C)(=O)=O)c1. The zero-order valence-electron chi connectivity index (χ0n) is 11.5. The molecule has 0 aromatic heterocycles. The molecule has 0 saturated heterocycles. The predicted octanol–water partition coefficient (Wildman–Crippen LogP) is 2.50. The molecule has 4 heteroatoms. The summed E-state index contributed by atoms with van der Waals surface area (Å²) in [5.41, 5.74) is 1.79. The van der Waals surface area contributed by atoms with Crippen molar-refractivity contribution in [3.8, 4) is 0 Å². The Kier molecular flexibility index (Phi) is 4.56. The van der Waals surface area contributed by atoms with Crippen molar-refractivity contribution in [1.82, 2.24) is 0 Å². The maximum Gasteiger partial charge on any atom is 0.155 e. The third-order valence-corrected chi connectivity index (χ3v) is 5.55. The molecule has 0 bridgehead atoms. The first kappa shape index (κ1) is 15.2. The van der Waals surface area contributed by atoms with Gasteiger partial charge in [0.2, 0.25) is 0 Å². The molecule has 102 valence electrons. The molecule has 3 nitrogen and oxygen atoms in total. The van der Waals surface area contributed by atoms with E-state index in [1.807, 2.05) is 18.2 Å². The molecule has 0 spiro atoms. The summed E-state index contributed by atoms with van der Waals surface area (Å²) in [5, 5.41) is 10.3. The van der Waals surface area contributed by atoms with Crippen LogP contribution >= 0.6 is 0 Å². The highest BCUT2D eigenvalue weighted by atomic mass is 32.2. The van der Waals surface area contributed by atoms with Gasteiger partial charge in [0.1, 0.15) is 0 Å². The Morgan fingerprint density at radius 2 is 1.94 bits per heavy atom. The van der Waals surface area contributed by atoms with Gasteiger partial charge in [-0.1, -0.05) is 37.6 Å². The van der Waals surface area contributed by atoms with Gasteiger partial charge in [0.15, 0.2) is 9.84 Å². The van der Waals surface area contributed by atoms with Crippen LogP contribution in [0, 0.1) is 0 Å². The Balaban J connectivity index is 3.11. The van der Waals surface area contributed by atoms with Crippen LogP contribution in [-0.4, -0.2) is 24.5 Å². The van der Waals surface area contributed by atoms with Gasteiger partial charge in [-0.2, -0.15) is 0 Å². The molecule has 0 aliphatic heterocycles. The van der Waals surface area contributed by atoms with E-state index >= 15 is 0 Å². The van der Waals surface area contributed by atoms with Gasteiger partial charge in [0.25, 0.3) is 0 Å². The summed E-state index contributed by atoms with van der Waals surface area (Å²) in [5.74, 6) is 0. The lowest BCUT2D eigenvalue weighted by molar-refractivity contribution is 0.139. The van der Waals surface area contributed by atoms with Gasteiger partial charge in [-0.25, -0.2) is 8.42 Å². The maximum atomic E-state index is 11.7. The minimum Gasteiger partial charge on any atom is -0.387 e. The van der Waals surface area contributed by atoms with Crippen LogP contribution in [0.15, 0.2) is 24.3 Å². The van der Waals surface area contributed by atoms with Gasteiger partial charge in [0.05, 0.1) is 10.9 Å². The van der Waals surface area contributed by atoms with Crippen LogP contribution < -0.4 is 0 Å². The molecule has 0 saturated carbocycles. The predicted molar refractivity (Wildman–Crippen MR) is 74.3 cm³/mol. The number of aliphatic hydroxyl groups is 1. The van der Waals surface area contributed by atoms with E-state index in [-0.39, 0.29) is 0 Å². The van der Waals surface area contributed by atoms with Crippen molar-refractivity contribution in [1.29, 1.82) is 0 Å². The number of aryl methyl sites for hydroxylation is 1. The summed E-state index contributed by atoms with van der Waals surface area (Å²) in [6, 6.07) is 7.52. The summed E-state index contributed by atoms with van der Waals surface area (Å²) in [6.07, 6.45) is 2.10. The van der Waals surface area contributed by atoms with Gasteiger partial charge in [0, 0.05) is 6.26 Å². The quantitative estimate of drug-likeness (QED) is 0.894. The number of hydrogen-bond acceptors (Lipinski definition) is 3. The zero-order valence-corrected chi connectivity index (χ0v) is 12.3. The second-order valence-electron chi connectivity index (χ2n) is 5.27. The fraction of sp³-hybridized carbons (Fsp3) is 0.571. The van der Waals surface area contributed by atoms with Crippen LogP contribution in [0.3, 0.4) is 0 Å². The molecule has 0 radical (unpaired) electrons. The standard InChI is InChI=1S/C14H22O3S/c1-5-7-11-8-6-9-12(10-11)13(15)14(2,3)18(4,16)17/h6,8-10,13,15H,5,7H2,1-4H3. The topological polar surface area (TPSA) is 54.4 Å². The molecule has 0 fully saturated rings. The molecule has 1 aromatic carbocycles. The largest absolute Gasteiger partial charge is 0.387 e. The van der Waals surface area contributed by atoms with Crippen LogP contribution in [0.1, 0.15) is 44.4 Å². The Morgan fingerprint density at radius 3 is 2.44 bits per heavy atom. The summed E-state index contributed by atoms with van der Waals surface area (Å²) in [7, 11) is -3.32. The minimum absolute atomic E-state index is 0.663. The van der Waals surface area contributed by atoms with Crippen molar-refractivity contribution in [3.63, 3.8) is 0 Å². The Labute approximate surface area is 110 Å². The average Bonchev–Trinajstić information content (AvgIpc) is 2.27. The molecule has 0 heterocycles. The third-order valence-electron chi connectivity index (χ3n) is 3.42. The number of rotatable bonds is 5. The molecule has 1 aromatic rings. The summed E-state index contributed by atoms with van der Waals surface area (Å²) in [4.78, 5) is 0. The first-order valence-corrected chi connectivity index (χ1v) is 8.05. The van der Waals surface area contributed by atoms with E-state index in [0.29, 0.717) is 5.56 Å². The molecule has 1 unspecified atom stereocenters. The normalized spacial score (nSPS) is 14.5. The molecule has 18 heavy (non-hydrogen) atoms. The first-order chi connectivity index (χ1) is 8.20. The van der Waals surface area contributed by atoms with Crippen LogP contribution in [0.5, 0.6) is 0 Å². The fourth-order valence-electron chi connectivity index (χ4n) is 1.81. The lowest BCUT2D eigenvalue weighted by atomic mass is 9.96. The Morgan fingerprint density at radius 1 is 1.33 bits per heavy atom. The van der Waals surface area contributed by atoms with Crippen molar-refractivity contribution in [2.75, 3.05) is 6.26 Å². The smallest absolute Gasteiger partial charge is 0.155 e. The molecule has 1 atom stereocenters. The van der Waals surface area contributed by atoms with Gasteiger partial charge >= 0.3 is 0 Å². The van der Waals surface area contributed by atoms with Crippen LogP contribution in [0.2, 0.25) is 0 Å². The average molecular weight is 270 g/mol. The lowest BCUT2D eigenvalue weighted by Gasteiger charge is -2.29. The highest BCUT2D eigenvalue weighted by Crippen LogP contribution is 2.32. The van der Waals surface area contributed by atoms with E-state index in [0.717, 1.165) is 24.7 Å². The zero-order chi connectivity index (χ0) is 14.0. The van der Waals surface area contributed by atoms with Gasteiger partial charge in [-0.15, -0.1) is 0 Å². The van der Waals surface area contributed by atoms with Crippen molar-refractivity contribution >= 4 is 9.84 Å². The molecular weight excluding hydrogens is 248 g/mol. The molecule has 1 rings (SSSR count).